The third kappa shape index (κ3) is 5.18. The van der Waals surface area contributed by atoms with Crippen LogP contribution >= 0.6 is 11.3 Å². The van der Waals surface area contributed by atoms with Crippen LogP contribution in [0.2, 0.25) is 0 Å². The van der Waals surface area contributed by atoms with Crippen LogP contribution in [0.3, 0.4) is 0 Å². The molecule has 240 valence electrons. The lowest BCUT2D eigenvalue weighted by molar-refractivity contribution is 0.669. The summed E-state index contributed by atoms with van der Waals surface area (Å²) >= 11 is 1.87. The number of nitrogens with one attached hydrogen (secondary N) is 1. The van der Waals surface area contributed by atoms with Crippen molar-refractivity contribution in [1.29, 1.82) is 0 Å². The lowest BCUT2D eigenvalue weighted by Gasteiger charge is -2.11. The van der Waals surface area contributed by atoms with Gasteiger partial charge in [0.15, 0.2) is 0 Å². The minimum atomic E-state index is 0.866. The van der Waals surface area contributed by atoms with Gasteiger partial charge >= 0.3 is 0 Å². The molecule has 10 aromatic rings. The van der Waals surface area contributed by atoms with E-state index in [2.05, 4.69) is 187 Å². The highest BCUT2D eigenvalue weighted by Gasteiger charge is 2.16. The molecular weight excluding hydrogens is 639 g/mol. The van der Waals surface area contributed by atoms with Gasteiger partial charge in [-0.15, -0.1) is 11.3 Å². The smallest absolute Gasteiger partial charge is 0.137 e. The van der Waals surface area contributed by atoms with E-state index in [0.717, 1.165) is 44.4 Å². The highest BCUT2D eigenvalue weighted by molar-refractivity contribution is 7.26. The average Bonchev–Trinajstić information content (AvgIpc) is 3.78. The number of thiophene rings is 1. The molecule has 0 aliphatic rings. The number of rotatable bonds is 6. The third-order valence-electron chi connectivity index (χ3n) is 9.92. The first kappa shape index (κ1) is 29.5. The second kappa shape index (κ2) is 12.2. The molecule has 0 aliphatic carbocycles. The zero-order valence-corrected chi connectivity index (χ0v) is 28.5. The monoisotopic (exact) mass is 669 g/mol. The molecule has 0 bridgehead atoms. The first-order valence-corrected chi connectivity index (χ1v) is 18.1. The number of furan rings is 1. The second-order valence-electron chi connectivity index (χ2n) is 13.0. The number of fused-ring (bicyclic) bond motifs is 6. The summed E-state index contributed by atoms with van der Waals surface area (Å²) in [4.78, 5) is 0. The Hall–Kier alpha value is -6.42. The fourth-order valence-corrected chi connectivity index (χ4v) is 8.64. The van der Waals surface area contributed by atoms with E-state index in [9.17, 15) is 0 Å². The van der Waals surface area contributed by atoms with Gasteiger partial charge in [0.05, 0.1) is 11.1 Å². The molecule has 0 saturated carbocycles. The molecule has 0 amide bonds. The summed E-state index contributed by atoms with van der Waals surface area (Å²) in [5.74, 6) is 0. The van der Waals surface area contributed by atoms with E-state index in [1.807, 2.05) is 11.3 Å². The molecule has 8 aromatic carbocycles. The Morgan fingerprint density at radius 1 is 0.373 bits per heavy atom. The average molecular weight is 670 g/mol. The normalized spacial score (nSPS) is 11.5. The molecule has 0 fully saturated rings. The van der Waals surface area contributed by atoms with Crippen molar-refractivity contribution in [2.75, 3.05) is 5.32 Å². The van der Waals surface area contributed by atoms with Gasteiger partial charge < -0.3 is 9.73 Å². The van der Waals surface area contributed by atoms with Crippen molar-refractivity contribution in [1.82, 2.24) is 0 Å². The van der Waals surface area contributed by atoms with Gasteiger partial charge in [-0.3, -0.25) is 0 Å². The van der Waals surface area contributed by atoms with Gasteiger partial charge in [0.1, 0.15) is 11.2 Å². The van der Waals surface area contributed by atoms with E-state index < -0.39 is 0 Å². The highest BCUT2D eigenvalue weighted by atomic mass is 32.1. The molecule has 0 atom stereocenters. The molecule has 0 spiro atoms. The van der Waals surface area contributed by atoms with Crippen LogP contribution in [0.15, 0.2) is 186 Å². The van der Waals surface area contributed by atoms with Crippen LogP contribution in [0.1, 0.15) is 0 Å². The van der Waals surface area contributed by atoms with Gasteiger partial charge in [0.25, 0.3) is 0 Å². The Morgan fingerprint density at radius 2 is 0.902 bits per heavy atom. The van der Waals surface area contributed by atoms with Crippen LogP contribution in [0, 0.1) is 0 Å². The van der Waals surface area contributed by atoms with Gasteiger partial charge in [-0.1, -0.05) is 146 Å². The zero-order valence-electron chi connectivity index (χ0n) is 27.6. The Balaban J connectivity index is 0.976. The molecule has 1 N–H and O–H groups in total. The molecule has 0 aliphatic heterocycles. The van der Waals surface area contributed by atoms with Crippen LogP contribution in [-0.4, -0.2) is 0 Å². The minimum Gasteiger partial charge on any atom is -0.456 e. The SMILES string of the molecule is c1ccc(-c2ccc(-c3ccc(-c4cccc5oc6cccc(Nc7ccc(-c8cccc9c8sc8ccccc89)cc7)c6c45)cc3)cc2)cc1. The lowest BCUT2D eigenvalue weighted by atomic mass is 9.95. The largest absolute Gasteiger partial charge is 0.456 e. The topological polar surface area (TPSA) is 25.2 Å². The maximum Gasteiger partial charge on any atom is 0.137 e. The molecule has 3 heteroatoms. The van der Waals surface area contributed by atoms with Crippen molar-refractivity contribution in [2.24, 2.45) is 0 Å². The highest BCUT2D eigenvalue weighted by Crippen LogP contribution is 2.43. The summed E-state index contributed by atoms with van der Waals surface area (Å²) in [5, 5.41) is 8.57. The molecule has 0 saturated heterocycles. The van der Waals surface area contributed by atoms with Crippen LogP contribution < -0.4 is 5.32 Å². The summed E-state index contributed by atoms with van der Waals surface area (Å²) in [6.07, 6.45) is 0. The minimum absolute atomic E-state index is 0.866. The van der Waals surface area contributed by atoms with Crippen molar-refractivity contribution < 1.29 is 4.42 Å². The Morgan fingerprint density at radius 3 is 1.65 bits per heavy atom. The van der Waals surface area contributed by atoms with Gasteiger partial charge in [0.2, 0.25) is 0 Å². The van der Waals surface area contributed by atoms with Crippen LogP contribution in [-0.2, 0) is 0 Å². The van der Waals surface area contributed by atoms with E-state index in [4.69, 9.17) is 4.42 Å². The third-order valence-corrected chi connectivity index (χ3v) is 11.1. The van der Waals surface area contributed by atoms with Crippen molar-refractivity contribution in [3.63, 3.8) is 0 Å². The predicted octanol–water partition coefficient (Wildman–Crippen LogP) is 14.4. The van der Waals surface area contributed by atoms with E-state index in [1.54, 1.807) is 0 Å². The van der Waals surface area contributed by atoms with Crippen LogP contribution in [0.25, 0.3) is 86.6 Å². The molecule has 51 heavy (non-hydrogen) atoms. The van der Waals surface area contributed by atoms with E-state index in [0.29, 0.717) is 0 Å². The molecule has 0 unspecified atom stereocenters. The van der Waals surface area contributed by atoms with E-state index in [1.165, 1.54) is 53.6 Å². The fourth-order valence-electron chi connectivity index (χ4n) is 7.40. The summed E-state index contributed by atoms with van der Waals surface area (Å²) in [6, 6.07) is 64.9. The number of anilines is 2. The fraction of sp³-hybridized carbons (Fsp3) is 0. The number of hydrogen-bond donors (Lipinski definition) is 1. The van der Waals surface area contributed by atoms with Crippen molar-refractivity contribution >= 4 is 64.8 Å². The van der Waals surface area contributed by atoms with Gasteiger partial charge in [-0.05, 0) is 80.9 Å². The van der Waals surface area contributed by atoms with Gasteiger partial charge in [-0.2, -0.15) is 0 Å². The molecule has 10 rings (SSSR count). The zero-order chi connectivity index (χ0) is 33.7. The maximum absolute atomic E-state index is 6.44. The van der Waals surface area contributed by atoms with E-state index in [-0.39, 0.29) is 0 Å². The predicted molar refractivity (Wildman–Crippen MR) is 218 cm³/mol. The molecule has 2 heterocycles. The van der Waals surface area contributed by atoms with Crippen LogP contribution in [0.5, 0.6) is 0 Å². The quantitative estimate of drug-likeness (QED) is 0.191. The standard InChI is InChI=1S/C48H31NOS/c1-2-9-31(10-3-1)32-19-21-33(22-20-32)34-23-25-35(26-24-34)38-12-7-16-43-46(38)47-42(15-8-17-44(47)50-43)49-37-29-27-36(28-30-37)39-13-6-14-41-40-11-4-5-18-45(40)51-48(39)41/h1-30,49H. The summed E-state index contributed by atoms with van der Waals surface area (Å²) in [6.45, 7) is 0. The van der Waals surface area contributed by atoms with Crippen LogP contribution in [0.4, 0.5) is 11.4 Å². The molecule has 2 aromatic heterocycles. The van der Waals surface area contributed by atoms with Gasteiger partial charge in [0, 0.05) is 31.2 Å². The summed E-state index contributed by atoms with van der Waals surface area (Å²) < 4.78 is 9.09. The lowest BCUT2D eigenvalue weighted by Crippen LogP contribution is -1.91. The molecule has 0 radical (unpaired) electrons. The Bertz CT molecular complexity index is 2850. The Kier molecular flexibility index (Phi) is 7.04. The molecule has 2 nitrogen and oxygen atoms in total. The number of benzene rings is 8. The summed E-state index contributed by atoms with van der Waals surface area (Å²) in [5.41, 5.74) is 13.4. The first-order chi connectivity index (χ1) is 25.3. The van der Waals surface area contributed by atoms with Gasteiger partial charge in [-0.25, -0.2) is 0 Å². The van der Waals surface area contributed by atoms with Crippen molar-refractivity contribution in [3.8, 4) is 44.5 Å². The maximum atomic E-state index is 6.44. The van der Waals surface area contributed by atoms with Crippen molar-refractivity contribution in [3.05, 3.63) is 182 Å². The first-order valence-electron chi connectivity index (χ1n) is 17.3. The Labute approximate surface area is 299 Å². The van der Waals surface area contributed by atoms with E-state index >= 15 is 0 Å². The number of hydrogen-bond acceptors (Lipinski definition) is 3. The summed E-state index contributed by atoms with van der Waals surface area (Å²) in [7, 11) is 0. The molecular formula is C48H31NOS. The van der Waals surface area contributed by atoms with Crippen molar-refractivity contribution in [2.45, 2.75) is 0 Å². The second-order valence-corrected chi connectivity index (χ2v) is 14.0.